The lowest BCUT2D eigenvalue weighted by Crippen LogP contribution is -2.04. The fourth-order valence-electron chi connectivity index (χ4n) is 1.80. The Morgan fingerprint density at radius 3 is 2.67 bits per heavy atom. The van der Waals surface area contributed by atoms with Crippen LogP contribution in [0.5, 0.6) is 0 Å². The molecule has 0 bridgehead atoms. The van der Waals surface area contributed by atoms with Crippen LogP contribution in [0.3, 0.4) is 0 Å². The summed E-state index contributed by atoms with van der Waals surface area (Å²) < 4.78 is 25.5. The molecule has 0 aliphatic rings. The predicted molar refractivity (Wildman–Crippen MR) is 88.8 cm³/mol. The van der Waals surface area contributed by atoms with E-state index in [1.165, 1.54) is 11.5 Å². The molecule has 1 heterocycles. The third-order valence-corrected chi connectivity index (χ3v) is 4.62. The van der Waals surface area contributed by atoms with Crippen LogP contribution in [0.1, 0.15) is 12.6 Å². The average molecular weight is 367 g/mol. The van der Waals surface area contributed by atoms with Gasteiger partial charge in [0.2, 0.25) is 9.84 Å². The van der Waals surface area contributed by atoms with Crippen LogP contribution in [0, 0.1) is 0 Å². The quantitative estimate of drug-likeness (QED) is 0.819. The zero-order chi connectivity index (χ0) is 15.3. The van der Waals surface area contributed by atoms with Crippen molar-refractivity contribution in [2.24, 2.45) is 0 Å². The number of halogens is 1. The van der Waals surface area contributed by atoms with Gasteiger partial charge in [-0.3, -0.25) is 0 Å². The number of benzene rings is 1. The maximum atomic E-state index is 12.4. The van der Waals surface area contributed by atoms with Crippen LogP contribution in [0.4, 0.5) is 5.69 Å². The van der Waals surface area contributed by atoms with Crippen LogP contribution in [0.15, 0.2) is 57.4 Å². The summed E-state index contributed by atoms with van der Waals surface area (Å²) in [5.41, 5.74) is 1.18. The topological polar surface area (TPSA) is 59.1 Å². The van der Waals surface area contributed by atoms with E-state index in [9.17, 15) is 8.42 Å². The predicted octanol–water partition coefficient (Wildman–Crippen LogP) is 3.72. The summed E-state index contributed by atoms with van der Waals surface area (Å²) in [4.78, 5) is 4.44. The fraction of sp³-hybridized carbons (Fsp3) is 0.133. The number of hydrogen-bond acceptors (Lipinski definition) is 4. The van der Waals surface area contributed by atoms with E-state index >= 15 is 0 Å². The molecule has 0 unspecified atom stereocenters. The lowest BCUT2D eigenvalue weighted by molar-refractivity contribution is 0.605. The van der Waals surface area contributed by atoms with Gasteiger partial charge in [-0.1, -0.05) is 18.2 Å². The molecule has 2 rings (SSSR count). The minimum absolute atomic E-state index is 0.262. The summed E-state index contributed by atoms with van der Waals surface area (Å²) >= 11 is 3.26. The van der Waals surface area contributed by atoms with Gasteiger partial charge in [0.25, 0.3) is 0 Å². The monoisotopic (exact) mass is 366 g/mol. The average Bonchev–Trinajstić information content (AvgIpc) is 2.46. The number of nitrogens with one attached hydrogen (secondary N) is 1. The molecule has 21 heavy (non-hydrogen) atoms. The number of anilines is 1. The molecule has 0 atom stereocenters. The van der Waals surface area contributed by atoms with E-state index in [1.807, 2.05) is 6.92 Å². The Hall–Kier alpha value is -1.66. The summed E-state index contributed by atoms with van der Waals surface area (Å²) in [5, 5.41) is 4.23. The maximum Gasteiger partial charge on any atom is 0.201 e. The number of sulfone groups is 1. The molecule has 0 saturated heterocycles. The van der Waals surface area contributed by atoms with Crippen LogP contribution >= 0.6 is 15.9 Å². The third-order valence-electron chi connectivity index (χ3n) is 2.72. The number of para-hydroxylation sites is 1. The number of pyridine rings is 1. The molecule has 0 saturated carbocycles. The minimum atomic E-state index is -3.52. The summed E-state index contributed by atoms with van der Waals surface area (Å²) in [6.45, 7) is 2.58. The zero-order valence-corrected chi connectivity index (χ0v) is 13.9. The van der Waals surface area contributed by atoms with E-state index in [4.69, 9.17) is 0 Å². The molecular formula is C15H15BrN2O2S. The van der Waals surface area contributed by atoms with Crippen molar-refractivity contribution in [3.8, 4) is 0 Å². The lowest BCUT2D eigenvalue weighted by Gasteiger charge is -2.08. The van der Waals surface area contributed by atoms with Crippen LogP contribution in [0.2, 0.25) is 0 Å². The summed E-state index contributed by atoms with van der Waals surface area (Å²) in [6, 6.07) is 12.2. The van der Waals surface area contributed by atoms with Gasteiger partial charge in [0.15, 0.2) is 0 Å². The third kappa shape index (κ3) is 4.15. The molecule has 1 aromatic carbocycles. The van der Waals surface area contributed by atoms with Crippen LogP contribution < -0.4 is 5.32 Å². The smallest absolute Gasteiger partial charge is 0.201 e. The zero-order valence-electron chi connectivity index (χ0n) is 11.5. The first kappa shape index (κ1) is 15.7. The van der Waals surface area contributed by atoms with Gasteiger partial charge in [0.1, 0.15) is 4.60 Å². The summed E-state index contributed by atoms with van der Waals surface area (Å²) in [6.07, 6.45) is 1.49. The molecule has 6 heteroatoms. The van der Waals surface area contributed by atoms with E-state index in [0.717, 1.165) is 0 Å². The standard InChI is InChI=1S/C15H15BrN2O2S/c1-2-17-13-7-3-4-8-14(13)21(19,20)11-10-12-6-5-9-15(16)18-12/h3-11,17H,2H2,1H3/b11-10+. The van der Waals surface area contributed by atoms with Gasteiger partial charge >= 0.3 is 0 Å². The highest BCUT2D eigenvalue weighted by molar-refractivity contribution is 9.10. The van der Waals surface area contributed by atoms with E-state index < -0.39 is 9.84 Å². The Balaban J connectivity index is 2.35. The van der Waals surface area contributed by atoms with Gasteiger partial charge in [-0.2, -0.15) is 0 Å². The van der Waals surface area contributed by atoms with Crippen molar-refractivity contribution in [1.82, 2.24) is 4.98 Å². The first-order valence-corrected chi connectivity index (χ1v) is 8.75. The second kappa shape index (κ2) is 6.87. The van der Waals surface area contributed by atoms with Crippen molar-refractivity contribution in [3.63, 3.8) is 0 Å². The number of rotatable bonds is 5. The molecule has 0 spiro atoms. The highest BCUT2D eigenvalue weighted by Gasteiger charge is 2.14. The van der Waals surface area contributed by atoms with E-state index in [1.54, 1.807) is 42.5 Å². The van der Waals surface area contributed by atoms with Crippen molar-refractivity contribution >= 4 is 37.5 Å². The van der Waals surface area contributed by atoms with Crippen molar-refractivity contribution in [2.45, 2.75) is 11.8 Å². The first-order valence-electron chi connectivity index (χ1n) is 6.41. The number of aromatic nitrogens is 1. The highest BCUT2D eigenvalue weighted by Crippen LogP contribution is 2.23. The SMILES string of the molecule is CCNc1ccccc1S(=O)(=O)/C=C/c1cccc(Br)n1. The van der Waals surface area contributed by atoms with Crippen molar-refractivity contribution in [1.29, 1.82) is 0 Å². The molecule has 2 aromatic rings. The molecular weight excluding hydrogens is 352 g/mol. The molecule has 0 aliphatic carbocycles. The summed E-state index contributed by atoms with van der Waals surface area (Å²) in [7, 11) is -3.52. The normalized spacial score (nSPS) is 11.7. The number of nitrogens with zero attached hydrogens (tertiary/aromatic N) is 1. The van der Waals surface area contributed by atoms with Gasteiger partial charge in [0.05, 0.1) is 16.3 Å². The number of hydrogen-bond donors (Lipinski definition) is 1. The van der Waals surface area contributed by atoms with Crippen molar-refractivity contribution in [2.75, 3.05) is 11.9 Å². The lowest BCUT2D eigenvalue weighted by atomic mass is 10.3. The maximum absolute atomic E-state index is 12.4. The molecule has 1 N–H and O–H groups in total. The molecule has 0 aliphatic heterocycles. The van der Waals surface area contributed by atoms with Crippen molar-refractivity contribution in [3.05, 3.63) is 58.2 Å². The van der Waals surface area contributed by atoms with Gasteiger partial charge in [-0.15, -0.1) is 0 Å². The van der Waals surface area contributed by atoms with Crippen LogP contribution in [0.25, 0.3) is 6.08 Å². The molecule has 0 fully saturated rings. The Labute approximate surface area is 133 Å². The Kier molecular flexibility index (Phi) is 5.14. The summed E-state index contributed by atoms with van der Waals surface area (Å²) in [5.74, 6) is 0. The van der Waals surface area contributed by atoms with Gasteiger partial charge < -0.3 is 5.32 Å². The molecule has 110 valence electrons. The molecule has 4 nitrogen and oxygen atoms in total. The highest BCUT2D eigenvalue weighted by atomic mass is 79.9. The van der Waals surface area contributed by atoms with E-state index in [0.29, 0.717) is 22.5 Å². The van der Waals surface area contributed by atoms with Crippen LogP contribution in [-0.4, -0.2) is 19.9 Å². The van der Waals surface area contributed by atoms with Crippen LogP contribution in [-0.2, 0) is 9.84 Å². The minimum Gasteiger partial charge on any atom is -0.384 e. The van der Waals surface area contributed by atoms with Gasteiger partial charge in [-0.05, 0) is 53.2 Å². The Morgan fingerprint density at radius 2 is 1.95 bits per heavy atom. The Morgan fingerprint density at radius 1 is 1.19 bits per heavy atom. The van der Waals surface area contributed by atoms with Gasteiger partial charge in [0, 0.05) is 12.0 Å². The van der Waals surface area contributed by atoms with E-state index in [-0.39, 0.29) is 4.90 Å². The largest absolute Gasteiger partial charge is 0.384 e. The first-order chi connectivity index (χ1) is 10.0. The molecule has 1 aromatic heterocycles. The second-order valence-electron chi connectivity index (χ2n) is 4.26. The molecule has 0 amide bonds. The molecule has 0 radical (unpaired) electrons. The van der Waals surface area contributed by atoms with Gasteiger partial charge in [-0.25, -0.2) is 13.4 Å². The van der Waals surface area contributed by atoms with E-state index in [2.05, 4.69) is 26.2 Å². The fourth-order valence-corrected chi connectivity index (χ4v) is 3.34. The second-order valence-corrected chi connectivity index (χ2v) is 6.87. The Bertz CT molecular complexity index is 758. The van der Waals surface area contributed by atoms with Crippen molar-refractivity contribution < 1.29 is 8.42 Å².